The summed E-state index contributed by atoms with van der Waals surface area (Å²) in [4.78, 5) is 33.3. The zero-order valence-electron chi connectivity index (χ0n) is 11.8. The molecule has 0 bridgehead atoms. The summed E-state index contributed by atoms with van der Waals surface area (Å²) in [5, 5.41) is 13.3. The molecule has 8 heteroatoms. The first-order chi connectivity index (χ1) is 9.99. The van der Waals surface area contributed by atoms with E-state index in [0.717, 1.165) is 0 Å². The molecule has 1 aromatic rings. The number of carbonyl (C=O) groups excluding carboxylic acids is 2. The predicted molar refractivity (Wildman–Crippen MR) is 73.2 cm³/mol. The maximum Gasteiger partial charge on any atom is 0.307 e. The summed E-state index contributed by atoms with van der Waals surface area (Å²) in [6.07, 6.45) is -0.00263. The molecule has 0 saturated heterocycles. The van der Waals surface area contributed by atoms with E-state index >= 15 is 0 Å². The van der Waals surface area contributed by atoms with Crippen LogP contribution in [0.25, 0.3) is 0 Å². The van der Waals surface area contributed by atoms with Crippen LogP contribution in [0.5, 0.6) is 5.75 Å². The minimum absolute atomic E-state index is 0.00263. The van der Waals surface area contributed by atoms with Gasteiger partial charge in [-0.2, -0.15) is 0 Å². The van der Waals surface area contributed by atoms with Crippen LogP contribution in [0.3, 0.4) is 0 Å². The third-order valence-corrected chi connectivity index (χ3v) is 2.57. The van der Waals surface area contributed by atoms with Gasteiger partial charge < -0.3 is 14.8 Å². The van der Waals surface area contributed by atoms with E-state index in [-0.39, 0.29) is 30.8 Å². The molecule has 0 saturated carbocycles. The van der Waals surface area contributed by atoms with Crippen LogP contribution in [0, 0.1) is 10.1 Å². The zero-order valence-corrected chi connectivity index (χ0v) is 11.8. The number of nitrogens with zero attached hydrogens (tertiary/aromatic N) is 1. The highest BCUT2D eigenvalue weighted by Gasteiger charge is 2.21. The summed E-state index contributed by atoms with van der Waals surface area (Å²) in [6.45, 7) is 1.97. The lowest BCUT2D eigenvalue weighted by Crippen LogP contribution is -2.27. The number of rotatable bonds is 7. The van der Waals surface area contributed by atoms with E-state index in [1.807, 2.05) is 0 Å². The normalized spacial score (nSPS) is 9.81. The largest absolute Gasteiger partial charge is 0.497 e. The number of esters is 1. The Morgan fingerprint density at radius 3 is 2.67 bits per heavy atom. The highest BCUT2D eigenvalue weighted by Crippen LogP contribution is 2.23. The summed E-state index contributed by atoms with van der Waals surface area (Å²) in [6, 6.07) is 3.87. The number of benzene rings is 1. The number of nitro groups is 1. The minimum Gasteiger partial charge on any atom is -0.497 e. The molecule has 21 heavy (non-hydrogen) atoms. The lowest BCUT2D eigenvalue weighted by atomic mass is 10.1. The Bertz CT molecular complexity index is 543. The molecule has 0 fully saturated rings. The van der Waals surface area contributed by atoms with Crippen molar-refractivity contribution in [1.82, 2.24) is 5.32 Å². The van der Waals surface area contributed by atoms with Crippen molar-refractivity contribution in [1.29, 1.82) is 0 Å². The molecule has 0 aromatic heterocycles. The van der Waals surface area contributed by atoms with E-state index in [2.05, 4.69) is 5.32 Å². The molecule has 0 spiro atoms. The van der Waals surface area contributed by atoms with E-state index in [9.17, 15) is 19.7 Å². The summed E-state index contributed by atoms with van der Waals surface area (Å²) >= 11 is 0. The molecule has 1 aromatic carbocycles. The van der Waals surface area contributed by atoms with Crippen LogP contribution in [0.1, 0.15) is 23.7 Å². The van der Waals surface area contributed by atoms with Gasteiger partial charge in [-0.25, -0.2) is 0 Å². The Balaban J connectivity index is 2.76. The van der Waals surface area contributed by atoms with Crippen LogP contribution in [0.2, 0.25) is 0 Å². The molecular weight excluding hydrogens is 280 g/mol. The number of hydrogen-bond acceptors (Lipinski definition) is 6. The fraction of sp³-hybridized carbons (Fsp3) is 0.385. The first-order valence-electron chi connectivity index (χ1n) is 6.25. The van der Waals surface area contributed by atoms with Crippen LogP contribution in [0.15, 0.2) is 18.2 Å². The Kier molecular flexibility index (Phi) is 6.12. The second-order valence-electron chi connectivity index (χ2n) is 3.95. The quantitative estimate of drug-likeness (QED) is 0.461. The Hall–Kier alpha value is -2.64. The van der Waals surface area contributed by atoms with E-state index in [0.29, 0.717) is 5.75 Å². The lowest BCUT2D eigenvalue weighted by Gasteiger charge is -2.07. The van der Waals surface area contributed by atoms with Gasteiger partial charge in [0.2, 0.25) is 0 Å². The molecule has 1 N–H and O–H groups in total. The molecule has 0 aliphatic rings. The van der Waals surface area contributed by atoms with Crippen molar-refractivity contribution in [2.45, 2.75) is 13.3 Å². The fourth-order valence-electron chi connectivity index (χ4n) is 1.59. The number of ether oxygens (including phenoxy) is 2. The second-order valence-corrected chi connectivity index (χ2v) is 3.95. The molecule has 0 unspecified atom stereocenters. The zero-order chi connectivity index (χ0) is 15.8. The molecule has 0 radical (unpaired) electrons. The highest BCUT2D eigenvalue weighted by atomic mass is 16.6. The minimum atomic E-state index is -0.653. The molecule has 0 aliphatic carbocycles. The van der Waals surface area contributed by atoms with Gasteiger partial charge in [-0.3, -0.25) is 19.7 Å². The standard InChI is InChI=1S/C13H16N2O6/c1-3-21-12(16)6-7-14-13(17)10-8-9(20-2)4-5-11(10)15(18)19/h4-5,8H,3,6-7H2,1-2H3,(H,14,17). The molecule has 0 atom stereocenters. The topological polar surface area (TPSA) is 108 Å². The SMILES string of the molecule is CCOC(=O)CCNC(=O)c1cc(OC)ccc1[N+](=O)[O-]. The summed E-state index contributed by atoms with van der Waals surface area (Å²) in [7, 11) is 1.39. The Morgan fingerprint density at radius 1 is 1.38 bits per heavy atom. The first kappa shape index (κ1) is 16.4. The smallest absolute Gasteiger partial charge is 0.307 e. The molecular formula is C13H16N2O6. The van der Waals surface area contributed by atoms with Crippen molar-refractivity contribution in [2.75, 3.05) is 20.3 Å². The van der Waals surface area contributed by atoms with Crippen LogP contribution < -0.4 is 10.1 Å². The average Bonchev–Trinajstić information content (AvgIpc) is 2.46. The predicted octanol–water partition coefficient (Wildman–Crippen LogP) is 1.29. The number of amides is 1. The van der Waals surface area contributed by atoms with Crippen LogP contribution >= 0.6 is 0 Å². The summed E-state index contributed by atoms with van der Waals surface area (Å²) in [5.74, 6) is -0.765. The summed E-state index contributed by atoms with van der Waals surface area (Å²) in [5.41, 5.74) is -0.451. The van der Waals surface area contributed by atoms with Crippen molar-refractivity contribution in [3.63, 3.8) is 0 Å². The molecule has 0 aliphatic heterocycles. The van der Waals surface area contributed by atoms with E-state index in [1.54, 1.807) is 6.92 Å². The van der Waals surface area contributed by atoms with E-state index < -0.39 is 16.8 Å². The first-order valence-corrected chi connectivity index (χ1v) is 6.25. The van der Waals surface area contributed by atoms with Crippen LogP contribution in [0.4, 0.5) is 5.69 Å². The van der Waals surface area contributed by atoms with Crippen LogP contribution in [-0.4, -0.2) is 37.1 Å². The molecule has 1 rings (SSSR count). The number of carbonyl (C=O) groups is 2. The van der Waals surface area contributed by atoms with Crippen molar-refractivity contribution in [3.05, 3.63) is 33.9 Å². The second kappa shape index (κ2) is 7.83. The van der Waals surface area contributed by atoms with Gasteiger partial charge in [0.15, 0.2) is 0 Å². The van der Waals surface area contributed by atoms with E-state index in [1.165, 1.54) is 25.3 Å². The Morgan fingerprint density at radius 2 is 2.10 bits per heavy atom. The molecule has 114 valence electrons. The van der Waals surface area contributed by atoms with Crippen molar-refractivity contribution >= 4 is 17.6 Å². The maximum atomic E-state index is 12.0. The molecule has 1 amide bonds. The van der Waals surface area contributed by atoms with Gasteiger partial charge in [-0.1, -0.05) is 0 Å². The monoisotopic (exact) mass is 296 g/mol. The number of methoxy groups -OCH3 is 1. The van der Waals surface area contributed by atoms with Gasteiger partial charge in [0.1, 0.15) is 11.3 Å². The number of nitrogens with one attached hydrogen (secondary N) is 1. The van der Waals surface area contributed by atoms with Gasteiger partial charge in [-0.05, 0) is 19.1 Å². The highest BCUT2D eigenvalue weighted by molar-refractivity contribution is 5.98. The van der Waals surface area contributed by atoms with Gasteiger partial charge in [0, 0.05) is 12.6 Å². The summed E-state index contributed by atoms with van der Waals surface area (Å²) < 4.78 is 9.65. The number of hydrogen-bond donors (Lipinski definition) is 1. The van der Waals surface area contributed by atoms with Crippen molar-refractivity contribution < 1.29 is 24.0 Å². The fourth-order valence-corrected chi connectivity index (χ4v) is 1.59. The van der Waals surface area contributed by atoms with Gasteiger partial charge >= 0.3 is 5.97 Å². The number of nitro benzene ring substituents is 1. The van der Waals surface area contributed by atoms with Crippen molar-refractivity contribution in [3.8, 4) is 5.75 Å². The third-order valence-electron chi connectivity index (χ3n) is 2.57. The molecule has 0 heterocycles. The van der Waals surface area contributed by atoms with Gasteiger partial charge in [-0.15, -0.1) is 0 Å². The average molecular weight is 296 g/mol. The van der Waals surface area contributed by atoms with Crippen molar-refractivity contribution in [2.24, 2.45) is 0 Å². The maximum absolute atomic E-state index is 12.0. The van der Waals surface area contributed by atoms with Gasteiger partial charge in [0.25, 0.3) is 11.6 Å². The van der Waals surface area contributed by atoms with E-state index in [4.69, 9.17) is 9.47 Å². The van der Waals surface area contributed by atoms with Crippen LogP contribution in [-0.2, 0) is 9.53 Å². The van der Waals surface area contributed by atoms with Gasteiger partial charge in [0.05, 0.1) is 25.1 Å². The third kappa shape index (κ3) is 4.75. The Labute approximate surface area is 121 Å². The lowest BCUT2D eigenvalue weighted by molar-refractivity contribution is -0.385. The molecule has 8 nitrogen and oxygen atoms in total.